The average molecular weight is 430 g/mol. The van der Waals surface area contributed by atoms with E-state index in [-0.39, 0.29) is 37.3 Å². The van der Waals surface area contributed by atoms with E-state index in [4.69, 9.17) is 4.74 Å². The zero-order valence-electron chi connectivity index (χ0n) is 17.5. The molecule has 160 valence electrons. The zero-order chi connectivity index (χ0) is 21.7. The third kappa shape index (κ3) is 5.44. The van der Waals surface area contributed by atoms with Crippen molar-refractivity contribution in [1.29, 1.82) is 0 Å². The molecule has 0 spiro atoms. The second-order valence-electron chi connectivity index (χ2n) is 7.46. The predicted octanol–water partition coefficient (Wildman–Crippen LogP) is 3.32. The van der Waals surface area contributed by atoms with Gasteiger partial charge in [0.1, 0.15) is 4.88 Å². The third-order valence-electron chi connectivity index (χ3n) is 5.05. The molecule has 3 rings (SSSR count). The number of nitrogens with one attached hydrogen (secondary N) is 1. The minimum absolute atomic E-state index is 0.0135. The summed E-state index contributed by atoms with van der Waals surface area (Å²) in [4.78, 5) is 43.6. The molecule has 1 heterocycles. The first-order valence-corrected chi connectivity index (χ1v) is 11.0. The number of rotatable bonds is 9. The molecule has 2 amide bonds. The molecule has 0 radical (unpaired) electrons. The molecular formula is C22H27N3O4S. The van der Waals surface area contributed by atoms with Crippen LogP contribution in [0.2, 0.25) is 0 Å². The fourth-order valence-electron chi connectivity index (χ4n) is 3.16. The molecule has 1 fully saturated rings. The zero-order valence-corrected chi connectivity index (χ0v) is 18.3. The molecule has 1 aliphatic rings. The third-order valence-corrected chi connectivity index (χ3v) is 6.21. The lowest BCUT2D eigenvalue weighted by Crippen LogP contribution is -2.34. The number of amides is 2. The number of carbonyl (C=O) groups is 3. The lowest BCUT2D eigenvalue weighted by molar-refractivity contribution is -0.122. The van der Waals surface area contributed by atoms with Crippen molar-refractivity contribution >= 4 is 34.3 Å². The van der Waals surface area contributed by atoms with Crippen LogP contribution >= 0.6 is 11.3 Å². The Morgan fingerprint density at radius 2 is 1.97 bits per heavy atom. The van der Waals surface area contributed by atoms with E-state index in [1.807, 2.05) is 37.3 Å². The van der Waals surface area contributed by atoms with Crippen LogP contribution in [0.4, 0.5) is 5.13 Å². The highest BCUT2D eigenvalue weighted by atomic mass is 32.1. The van der Waals surface area contributed by atoms with Crippen molar-refractivity contribution in [3.63, 3.8) is 0 Å². The Hall–Kier alpha value is -2.74. The quantitative estimate of drug-likeness (QED) is 0.618. The van der Waals surface area contributed by atoms with E-state index in [0.29, 0.717) is 28.2 Å². The van der Waals surface area contributed by atoms with Crippen LogP contribution in [0.3, 0.4) is 0 Å². The highest BCUT2D eigenvalue weighted by molar-refractivity contribution is 7.17. The van der Waals surface area contributed by atoms with Crippen molar-refractivity contribution in [2.24, 2.45) is 11.8 Å². The van der Waals surface area contributed by atoms with Crippen LogP contribution in [0.25, 0.3) is 0 Å². The first-order chi connectivity index (χ1) is 14.4. The van der Waals surface area contributed by atoms with E-state index in [1.165, 1.54) is 0 Å². The summed E-state index contributed by atoms with van der Waals surface area (Å²) >= 11 is 1.15. The van der Waals surface area contributed by atoms with Crippen LogP contribution in [-0.4, -0.2) is 35.9 Å². The topological polar surface area (TPSA) is 88.6 Å². The lowest BCUT2D eigenvalue weighted by Gasteiger charge is -2.20. The summed E-state index contributed by atoms with van der Waals surface area (Å²) < 4.78 is 5.09. The van der Waals surface area contributed by atoms with Crippen LogP contribution in [0.15, 0.2) is 30.3 Å². The number of anilines is 1. The Labute approximate surface area is 180 Å². The van der Waals surface area contributed by atoms with E-state index >= 15 is 0 Å². The summed E-state index contributed by atoms with van der Waals surface area (Å²) in [5.74, 6) is -0.0763. The van der Waals surface area contributed by atoms with E-state index in [2.05, 4.69) is 10.3 Å². The fraction of sp³-hybridized carbons (Fsp3) is 0.455. The summed E-state index contributed by atoms with van der Waals surface area (Å²) in [6, 6.07) is 9.60. The molecule has 2 aromatic rings. The van der Waals surface area contributed by atoms with Gasteiger partial charge >= 0.3 is 5.97 Å². The molecule has 2 atom stereocenters. The Bertz CT molecular complexity index is 912. The van der Waals surface area contributed by atoms with Crippen LogP contribution in [0.1, 0.15) is 47.6 Å². The molecule has 1 N–H and O–H groups in total. The van der Waals surface area contributed by atoms with Crippen molar-refractivity contribution in [2.45, 2.75) is 40.2 Å². The first kappa shape index (κ1) is 22.0. The normalized spacial score (nSPS) is 17.3. The summed E-state index contributed by atoms with van der Waals surface area (Å²) in [6.07, 6.45) is 1.07. The highest BCUT2D eigenvalue weighted by Crippen LogP contribution is 2.37. The molecule has 1 aliphatic carbocycles. The Morgan fingerprint density at radius 3 is 2.60 bits per heavy atom. The van der Waals surface area contributed by atoms with E-state index in [1.54, 1.807) is 18.7 Å². The second-order valence-corrected chi connectivity index (χ2v) is 8.43. The smallest absolute Gasteiger partial charge is 0.350 e. The van der Waals surface area contributed by atoms with E-state index < -0.39 is 5.97 Å². The monoisotopic (exact) mass is 429 g/mol. The number of aryl methyl sites for hydroxylation is 1. The highest BCUT2D eigenvalue weighted by Gasteiger charge is 2.38. The molecule has 7 nitrogen and oxygen atoms in total. The standard InChI is InChI=1S/C22H27N3O4S/c1-4-29-21(28)19-15(3)24-22(30-19)25(13-16-8-6-5-7-9-16)18(26)10-11-23-20(27)17-12-14(17)2/h5-9,14,17H,4,10-13H2,1-3H3,(H,23,27). The molecule has 0 bridgehead atoms. The number of benzene rings is 1. The Kier molecular flexibility index (Phi) is 7.20. The number of nitrogens with zero attached hydrogens (tertiary/aromatic N) is 2. The maximum Gasteiger partial charge on any atom is 0.350 e. The van der Waals surface area contributed by atoms with Gasteiger partial charge in [-0.3, -0.25) is 14.5 Å². The number of esters is 1. The van der Waals surface area contributed by atoms with Gasteiger partial charge in [0, 0.05) is 18.9 Å². The first-order valence-electron chi connectivity index (χ1n) is 10.2. The molecule has 1 aromatic carbocycles. The van der Waals surface area contributed by atoms with E-state index in [9.17, 15) is 14.4 Å². The Balaban J connectivity index is 1.73. The van der Waals surface area contributed by atoms with E-state index in [0.717, 1.165) is 23.3 Å². The predicted molar refractivity (Wildman–Crippen MR) is 115 cm³/mol. The maximum absolute atomic E-state index is 13.0. The van der Waals surface area contributed by atoms with Crippen molar-refractivity contribution in [3.8, 4) is 0 Å². The number of aromatic nitrogens is 1. The van der Waals surface area contributed by atoms with Crippen molar-refractivity contribution < 1.29 is 19.1 Å². The van der Waals surface area contributed by atoms with Gasteiger partial charge in [0.05, 0.1) is 18.8 Å². The average Bonchev–Trinajstić information content (AvgIpc) is 3.34. The minimum Gasteiger partial charge on any atom is -0.462 e. The Morgan fingerprint density at radius 1 is 1.27 bits per heavy atom. The van der Waals surface area contributed by atoms with Crippen molar-refractivity contribution in [3.05, 3.63) is 46.5 Å². The number of thiazole rings is 1. The fourth-order valence-corrected chi connectivity index (χ4v) is 4.14. The van der Waals surface area contributed by atoms with Gasteiger partial charge in [-0.15, -0.1) is 0 Å². The molecule has 1 aromatic heterocycles. The van der Waals surface area contributed by atoms with Crippen LogP contribution in [0, 0.1) is 18.8 Å². The SMILES string of the molecule is CCOC(=O)c1sc(N(Cc2ccccc2)C(=O)CCNC(=O)C2CC2C)nc1C. The van der Waals surface area contributed by atoms with Gasteiger partial charge in [-0.1, -0.05) is 48.6 Å². The molecule has 30 heavy (non-hydrogen) atoms. The molecule has 1 saturated carbocycles. The van der Waals surface area contributed by atoms with Crippen LogP contribution in [-0.2, 0) is 20.9 Å². The maximum atomic E-state index is 13.0. The summed E-state index contributed by atoms with van der Waals surface area (Å²) in [5.41, 5.74) is 1.49. The summed E-state index contributed by atoms with van der Waals surface area (Å²) in [7, 11) is 0. The number of hydrogen-bond donors (Lipinski definition) is 1. The van der Waals surface area contributed by atoms with Gasteiger partial charge in [-0.25, -0.2) is 9.78 Å². The molecule has 0 aliphatic heterocycles. The van der Waals surface area contributed by atoms with Gasteiger partial charge in [-0.2, -0.15) is 0 Å². The van der Waals surface area contributed by atoms with Gasteiger partial charge in [0.25, 0.3) is 0 Å². The van der Waals surface area contributed by atoms with Crippen molar-refractivity contribution in [1.82, 2.24) is 10.3 Å². The molecule has 0 saturated heterocycles. The molecule has 8 heteroatoms. The summed E-state index contributed by atoms with van der Waals surface area (Å²) in [5, 5.41) is 3.30. The molecule has 2 unspecified atom stereocenters. The number of carbonyl (C=O) groups excluding carboxylic acids is 3. The minimum atomic E-state index is -0.434. The molecular weight excluding hydrogens is 402 g/mol. The van der Waals surface area contributed by atoms with Crippen LogP contribution in [0.5, 0.6) is 0 Å². The van der Waals surface area contributed by atoms with Gasteiger partial charge < -0.3 is 10.1 Å². The summed E-state index contributed by atoms with van der Waals surface area (Å²) in [6.45, 7) is 6.41. The second kappa shape index (κ2) is 9.84. The number of ether oxygens (including phenoxy) is 1. The van der Waals surface area contributed by atoms with Crippen LogP contribution < -0.4 is 10.2 Å². The number of hydrogen-bond acceptors (Lipinski definition) is 6. The lowest BCUT2D eigenvalue weighted by atomic mass is 10.2. The van der Waals surface area contributed by atoms with Crippen molar-refractivity contribution in [2.75, 3.05) is 18.1 Å². The largest absolute Gasteiger partial charge is 0.462 e. The van der Waals surface area contributed by atoms with Gasteiger partial charge in [0.2, 0.25) is 11.8 Å². The van der Waals surface area contributed by atoms with Gasteiger partial charge in [0.15, 0.2) is 5.13 Å². The van der Waals surface area contributed by atoms with Gasteiger partial charge in [-0.05, 0) is 31.7 Å².